The van der Waals surface area contributed by atoms with E-state index in [2.05, 4.69) is 0 Å². The van der Waals surface area contributed by atoms with Crippen LogP contribution in [0.5, 0.6) is 0 Å². The van der Waals surface area contributed by atoms with Gasteiger partial charge in [-0.25, -0.2) is 0 Å². The lowest BCUT2D eigenvalue weighted by Gasteiger charge is -2.36. The highest BCUT2D eigenvalue weighted by Crippen LogP contribution is 2.22. The normalized spacial score (nSPS) is 23.2. The first-order chi connectivity index (χ1) is 8.04. The summed E-state index contributed by atoms with van der Waals surface area (Å²) in [6.07, 6.45) is 3.73. The van der Waals surface area contributed by atoms with Gasteiger partial charge in [-0.3, -0.25) is 0 Å². The van der Waals surface area contributed by atoms with E-state index in [4.69, 9.17) is 5.11 Å². The molecule has 5 nitrogen and oxygen atoms in total. The fraction of sp³-hybridized carbons (Fsp3) is 1.00. The second-order valence-electron chi connectivity index (χ2n) is 4.59. The third kappa shape index (κ3) is 3.64. The highest BCUT2D eigenvalue weighted by atomic mass is 32.2. The maximum absolute atomic E-state index is 12.4. The maximum atomic E-state index is 12.4. The molecule has 17 heavy (non-hydrogen) atoms. The summed E-state index contributed by atoms with van der Waals surface area (Å²) in [4.78, 5) is 0. The molecule has 0 aliphatic carbocycles. The van der Waals surface area contributed by atoms with Gasteiger partial charge in [0, 0.05) is 25.7 Å². The molecule has 102 valence electrons. The molecule has 0 bridgehead atoms. The van der Waals surface area contributed by atoms with Crippen LogP contribution in [0.15, 0.2) is 0 Å². The standard InChI is InChI=1S/C11H24N2O3S/c1-3-7-12(9-10-14)17(15,16)13-8-5-4-6-11(13)2/h11,14H,3-10H2,1-2H3. The number of aliphatic hydroxyl groups excluding tert-OH is 1. The van der Waals surface area contributed by atoms with Crippen LogP contribution < -0.4 is 0 Å². The molecule has 1 saturated heterocycles. The van der Waals surface area contributed by atoms with Crippen LogP contribution >= 0.6 is 0 Å². The smallest absolute Gasteiger partial charge is 0.282 e. The summed E-state index contributed by atoms with van der Waals surface area (Å²) in [6.45, 7) is 5.06. The predicted molar refractivity (Wildman–Crippen MR) is 67.9 cm³/mol. The Bertz CT molecular complexity index is 313. The summed E-state index contributed by atoms with van der Waals surface area (Å²) < 4.78 is 27.8. The van der Waals surface area contributed by atoms with E-state index >= 15 is 0 Å². The lowest BCUT2D eigenvalue weighted by Crippen LogP contribution is -2.50. The number of aliphatic hydroxyl groups is 1. The van der Waals surface area contributed by atoms with Crippen molar-refractivity contribution in [2.45, 2.75) is 45.6 Å². The number of hydrogen-bond donors (Lipinski definition) is 1. The molecular weight excluding hydrogens is 240 g/mol. The lowest BCUT2D eigenvalue weighted by molar-refractivity contribution is 0.219. The van der Waals surface area contributed by atoms with Crippen molar-refractivity contribution in [1.82, 2.24) is 8.61 Å². The summed E-state index contributed by atoms with van der Waals surface area (Å²) in [5.74, 6) is 0. The molecule has 1 fully saturated rings. The lowest BCUT2D eigenvalue weighted by atomic mass is 10.1. The Hall–Kier alpha value is -0.170. The Morgan fingerprint density at radius 1 is 1.35 bits per heavy atom. The minimum Gasteiger partial charge on any atom is -0.395 e. The molecule has 1 aliphatic heterocycles. The van der Waals surface area contributed by atoms with E-state index in [0.717, 1.165) is 25.7 Å². The van der Waals surface area contributed by atoms with Gasteiger partial charge in [-0.2, -0.15) is 17.0 Å². The zero-order valence-corrected chi connectivity index (χ0v) is 11.6. The van der Waals surface area contributed by atoms with Crippen LogP contribution in [0.3, 0.4) is 0 Å². The van der Waals surface area contributed by atoms with Crippen molar-refractivity contribution >= 4 is 10.2 Å². The minimum absolute atomic E-state index is 0.0757. The van der Waals surface area contributed by atoms with E-state index in [0.29, 0.717) is 13.1 Å². The van der Waals surface area contributed by atoms with Crippen molar-refractivity contribution in [3.63, 3.8) is 0 Å². The Labute approximate surface area is 105 Å². The van der Waals surface area contributed by atoms with E-state index in [-0.39, 0.29) is 19.2 Å². The van der Waals surface area contributed by atoms with E-state index in [1.54, 1.807) is 4.31 Å². The van der Waals surface area contributed by atoms with Gasteiger partial charge in [-0.15, -0.1) is 0 Å². The third-order valence-corrected chi connectivity index (χ3v) is 5.34. The summed E-state index contributed by atoms with van der Waals surface area (Å²) in [5.41, 5.74) is 0. The van der Waals surface area contributed by atoms with E-state index in [1.807, 2.05) is 13.8 Å². The van der Waals surface area contributed by atoms with E-state index < -0.39 is 10.2 Å². The first-order valence-electron chi connectivity index (χ1n) is 6.41. The van der Waals surface area contributed by atoms with Crippen molar-refractivity contribution in [1.29, 1.82) is 0 Å². The number of rotatable bonds is 6. The van der Waals surface area contributed by atoms with Crippen molar-refractivity contribution < 1.29 is 13.5 Å². The van der Waals surface area contributed by atoms with Gasteiger partial charge in [-0.1, -0.05) is 13.3 Å². The molecule has 0 aromatic carbocycles. The average molecular weight is 264 g/mol. The topological polar surface area (TPSA) is 60.9 Å². The van der Waals surface area contributed by atoms with Gasteiger partial charge in [0.25, 0.3) is 10.2 Å². The highest BCUT2D eigenvalue weighted by molar-refractivity contribution is 7.86. The molecule has 1 unspecified atom stereocenters. The molecule has 1 heterocycles. The van der Waals surface area contributed by atoms with Gasteiger partial charge in [-0.05, 0) is 26.2 Å². The van der Waals surface area contributed by atoms with E-state index in [1.165, 1.54) is 4.31 Å². The average Bonchev–Trinajstić information content (AvgIpc) is 2.29. The van der Waals surface area contributed by atoms with Gasteiger partial charge in [0.2, 0.25) is 0 Å². The Morgan fingerprint density at radius 3 is 2.59 bits per heavy atom. The van der Waals surface area contributed by atoms with Crippen LogP contribution in [-0.4, -0.2) is 54.4 Å². The molecule has 0 aromatic heterocycles. The maximum Gasteiger partial charge on any atom is 0.282 e. The second-order valence-corrected chi connectivity index (χ2v) is 6.47. The zero-order valence-electron chi connectivity index (χ0n) is 10.8. The van der Waals surface area contributed by atoms with Gasteiger partial charge in [0.1, 0.15) is 0 Å². The fourth-order valence-corrected chi connectivity index (χ4v) is 4.21. The van der Waals surface area contributed by atoms with Crippen LogP contribution in [0.25, 0.3) is 0 Å². The molecule has 0 spiro atoms. The van der Waals surface area contributed by atoms with Crippen LogP contribution in [0.4, 0.5) is 0 Å². The third-order valence-electron chi connectivity index (χ3n) is 3.19. The van der Waals surface area contributed by atoms with Crippen LogP contribution in [0.1, 0.15) is 39.5 Å². The fourth-order valence-electron chi connectivity index (χ4n) is 2.27. The van der Waals surface area contributed by atoms with Gasteiger partial charge in [0.05, 0.1) is 6.61 Å². The Morgan fingerprint density at radius 2 is 2.06 bits per heavy atom. The van der Waals surface area contributed by atoms with Crippen LogP contribution in [0.2, 0.25) is 0 Å². The summed E-state index contributed by atoms with van der Waals surface area (Å²) in [7, 11) is -3.39. The van der Waals surface area contributed by atoms with Crippen molar-refractivity contribution in [3.8, 4) is 0 Å². The molecular formula is C11H24N2O3S. The molecule has 1 aliphatic rings. The Kier molecular flexibility index (Phi) is 5.85. The predicted octanol–water partition coefficient (Wildman–Crippen LogP) is 0.810. The van der Waals surface area contributed by atoms with Gasteiger partial charge in [0.15, 0.2) is 0 Å². The van der Waals surface area contributed by atoms with Crippen molar-refractivity contribution in [3.05, 3.63) is 0 Å². The molecule has 0 amide bonds. The molecule has 6 heteroatoms. The van der Waals surface area contributed by atoms with Gasteiger partial charge < -0.3 is 5.11 Å². The monoisotopic (exact) mass is 264 g/mol. The molecule has 1 atom stereocenters. The summed E-state index contributed by atoms with van der Waals surface area (Å²) >= 11 is 0. The molecule has 0 aromatic rings. The van der Waals surface area contributed by atoms with Crippen molar-refractivity contribution in [2.75, 3.05) is 26.2 Å². The first-order valence-corrected chi connectivity index (χ1v) is 7.81. The quantitative estimate of drug-likeness (QED) is 0.772. The summed E-state index contributed by atoms with van der Waals surface area (Å²) in [6, 6.07) is 0.0757. The number of nitrogens with zero attached hydrogens (tertiary/aromatic N) is 2. The largest absolute Gasteiger partial charge is 0.395 e. The molecule has 0 radical (unpaired) electrons. The number of piperidine rings is 1. The van der Waals surface area contributed by atoms with Gasteiger partial charge >= 0.3 is 0 Å². The van der Waals surface area contributed by atoms with E-state index in [9.17, 15) is 8.42 Å². The Balaban J connectivity index is 2.81. The SMILES string of the molecule is CCCN(CCO)S(=O)(=O)N1CCCCC1C. The first kappa shape index (κ1) is 14.9. The number of hydrogen-bond acceptors (Lipinski definition) is 3. The highest BCUT2D eigenvalue weighted by Gasteiger charge is 2.33. The molecule has 1 N–H and O–H groups in total. The van der Waals surface area contributed by atoms with Crippen LogP contribution in [0, 0.1) is 0 Å². The molecule has 0 saturated carbocycles. The second kappa shape index (κ2) is 6.68. The minimum atomic E-state index is -3.39. The van der Waals surface area contributed by atoms with Crippen molar-refractivity contribution in [2.24, 2.45) is 0 Å². The summed E-state index contributed by atoms with van der Waals surface area (Å²) in [5, 5.41) is 8.97. The van der Waals surface area contributed by atoms with Crippen LogP contribution in [-0.2, 0) is 10.2 Å². The molecule has 1 rings (SSSR count). The zero-order chi connectivity index (χ0) is 12.9.